The van der Waals surface area contributed by atoms with Gasteiger partial charge in [-0.1, -0.05) is 13.5 Å². The summed E-state index contributed by atoms with van der Waals surface area (Å²) in [7, 11) is 1.40. The minimum absolute atomic E-state index is 0.123. The Morgan fingerprint density at radius 1 is 1.58 bits per heavy atom. The van der Waals surface area contributed by atoms with Crippen molar-refractivity contribution >= 4 is 11.9 Å². The Bertz CT molecular complexity index is 151. The second kappa shape index (κ2) is 9.68. The molecule has 0 aromatic heterocycles. The van der Waals surface area contributed by atoms with Gasteiger partial charge in [-0.2, -0.15) is 0 Å². The summed E-state index contributed by atoms with van der Waals surface area (Å²) in [6.07, 6.45) is 2.24. The number of hydrogen-bond acceptors (Lipinski definition) is 3. The van der Waals surface area contributed by atoms with E-state index in [1.807, 2.05) is 6.92 Å². The fourth-order valence-corrected chi connectivity index (χ4v) is 0.306. The van der Waals surface area contributed by atoms with Crippen molar-refractivity contribution in [1.29, 1.82) is 0 Å². The maximum absolute atomic E-state index is 10.2. The highest BCUT2D eigenvalue weighted by atomic mass is 16.5. The normalized spacial score (nSPS) is 7.50. The number of methoxy groups -OCH3 is 1. The smallest absolute Gasteiger partial charge is 0.327 e. The molecule has 0 saturated carbocycles. The van der Waals surface area contributed by atoms with E-state index in [0.29, 0.717) is 6.42 Å². The third-order valence-corrected chi connectivity index (χ3v) is 0.856. The number of ether oxygens (including phenoxy) is 1. The third kappa shape index (κ3) is 15.9. The van der Waals surface area contributed by atoms with Gasteiger partial charge in [0.1, 0.15) is 0 Å². The monoisotopic (exact) mass is 174 g/mol. The Hall–Kier alpha value is -1.32. The first kappa shape index (κ1) is 13.3. The van der Waals surface area contributed by atoms with Crippen LogP contribution in [0.5, 0.6) is 0 Å². The molecule has 0 rings (SSSR count). The summed E-state index contributed by atoms with van der Waals surface area (Å²) < 4.78 is 4.35. The highest BCUT2D eigenvalue weighted by molar-refractivity contribution is 5.78. The first-order valence-corrected chi connectivity index (χ1v) is 3.50. The lowest BCUT2D eigenvalue weighted by Gasteiger charge is -1.91. The average molecular weight is 174 g/mol. The topological polar surface area (TPSA) is 63.6 Å². The summed E-state index contributed by atoms with van der Waals surface area (Å²) in [5.41, 5.74) is 0. The van der Waals surface area contributed by atoms with Crippen LogP contribution in [0.4, 0.5) is 0 Å². The number of rotatable bonds is 3. The van der Waals surface area contributed by atoms with Crippen LogP contribution in [0.2, 0.25) is 0 Å². The van der Waals surface area contributed by atoms with Gasteiger partial charge in [0.25, 0.3) is 0 Å². The molecular weight excluding hydrogens is 160 g/mol. The average Bonchev–Trinajstić information content (AvgIpc) is 2.06. The zero-order chi connectivity index (χ0) is 9.98. The van der Waals surface area contributed by atoms with Crippen LogP contribution in [-0.2, 0) is 14.3 Å². The molecule has 4 heteroatoms. The molecule has 4 nitrogen and oxygen atoms in total. The molecule has 0 aliphatic heterocycles. The van der Waals surface area contributed by atoms with E-state index in [-0.39, 0.29) is 5.97 Å². The van der Waals surface area contributed by atoms with Gasteiger partial charge in [0.2, 0.25) is 0 Å². The van der Waals surface area contributed by atoms with E-state index in [4.69, 9.17) is 5.11 Å². The standard InChI is InChI=1S/C5H10O2.C3H4O2/c1-3-4-5(6)7-2;1-2-3(4)5/h3-4H2,1-2H3;2H,1H2,(H,4,5). The molecule has 70 valence electrons. The van der Waals surface area contributed by atoms with E-state index >= 15 is 0 Å². The maximum Gasteiger partial charge on any atom is 0.327 e. The number of carbonyl (C=O) groups is 2. The summed E-state index contributed by atoms with van der Waals surface area (Å²) in [6.45, 7) is 4.90. The second-order valence-electron chi connectivity index (χ2n) is 1.87. The van der Waals surface area contributed by atoms with Crippen molar-refractivity contribution in [2.75, 3.05) is 7.11 Å². The van der Waals surface area contributed by atoms with Crippen molar-refractivity contribution in [2.45, 2.75) is 19.8 Å². The quantitative estimate of drug-likeness (QED) is 0.516. The van der Waals surface area contributed by atoms with Gasteiger partial charge < -0.3 is 9.84 Å². The third-order valence-electron chi connectivity index (χ3n) is 0.856. The summed E-state index contributed by atoms with van der Waals surface area (Å²) in [5.74, 6) is -1.10. The van der Waals surface area contributed by atoms with E-state index in [1.54, 1.807) is 0 Å². The van der Waals surface area contributed by atoms with Crippen LogP contribution in [0.25, 0.3) is 0 Å². The van der Waals surface area contributed by atoms with Crippen LogP contribution in [-0.4, -0.2) is 24.2 Å². The van der Waals surface area contributed by atoms with E-state index in [9.17, 15) is 9.59 Å². The Morgan fingerprint density at radius 3 is 2.08 bits per heavy atom. The molecule has 0 unspecified atom stereocenters. The minimum atomic E-state index is -0.981. The number of hydrogen-bond donors (Lipinski definition) is 1. The van der Waals surface area contributed by atoms with Crippen LogP contribution in [0, 0.1) is 0 Å². The molecule has 1 N–H and O–H groups in total. The first-order valence-electron chi connectivity index (χ1n) is 3.50. The molecular formula is C8H14O4. The minimum Gasteiger partial charge on any atom is -0.478 e. The van der Waals surface area contributed by atoms with E-state index in [2.05, 4.69) is 11.3 Å². The Kier molecular flexibility index (Phi) is 10.7. The lowest BCUT2D eigenvalue weighted by atomic mass is 10.3. The lowest BCUT2D eigenvalue weighted by Crippen LogP contribution is -1.97. The van der Waals surface area contributed by atoms with Gasteiger partial charge in [-0.15, -0.1) is 0 Å². The molecule has 0 saturated heterocycles. The number of esters is 1. The lowest BCUT2D eigenvalue weighted by molar-refractivity contribution is -0.140. The fourth-order valence-electron chi connectivity index (χ4n) is 0.306. The molecule has 0 fully saturated rings. The van der Waals surface area contributed by atoms with E-state index in [1.165, 1.54) is 7.11 Å². The SMILES string of the molecule is C=CC(=O)O.CCCC(=O)OC. The molecule has 0 radical (unpaired) electrons. The summed E-state index contributed by atoms with van der Waals surface area (Å²) >= 11 is 0. The van der Waals surface area contributed by atoms with Gasteiger partial charge >= 0.3 is 11.9 Å². The largest absolute Gasteiger partial charge is 0.478 e. The molecule has 0 amide bonds. The highest BCUT2D eigenvalue weighted by Crippen LogP contribution is 1.86. The van der Waals surface area contributed by atoms with Gasteiger partial charge in [0.15, 0.2) is 0 Å². The molecule has 0 aliphatic carbocycles. The fraction of sp³-hybridized carbons (Fsp3) is 0.500. The van der Waals surface area contributed by atoms with Crippen molar-refractivity contribution in [1.82, 2.24) is 0 Å². The van der Waals surface area contributed by atoms with E-state index in [0.717, 1.165) is 12.5 Å². The van der Waals surface area contributed by atoms with Gasteiger partial charge in [-0.3, -0.25) is 4.79 Å². The zero-order valence-electron chi connectivity index (χ0n) is 7.37. The molecule has 12 heavy (non-hydrogen) atoms. The van der Waals surface area contributed by atoms with Crippen LogP contribution >= 0.6 is 0 Å². The second-order valence-corrected chi connectivity index (χ2v) is 1.87. The Labute approximate surface area is 71.8 Å². The predicted molar refractivity (Wildman–Crippen MR) is 44.8 cm³/mol. The number of aliphatic carboxylic acids is 1. The summed E-state index contributed by atoms with van der Waals surface area (Å²) in [5, 5.41) is 7.60. The summed E-state index contributed by atoms with van der Waals surface area (Å²) in [4.78, 5) is 19.4. The number of carbonyl (C=O) groups excluding carboxylic acids is 1. The van der Waals surface area contributed by atoms with Crippen LogP contribution in [0.3, 0.4) is 0 Å². The van der Waals surface area contributed by atoms with Gasteiger partial charge in [-0.25, -0.2) is 4.79 Å². The predicted octanol–water partition coefficient (Wildman–Crippen LogP) is 1.22. The van der Waals surface area contributed by atoms with Crippen molar-refractivity contribution in [3.05, 3.63) is 12.7 Å². The van der Waals surface area contributed by atoms with Gasteiger partial charge in [-0.05, 0) is 6.42 Å². The molecule has 0 aromatic rings. The molecule has 0 bridgehead atoms. The highest BCUT2D eigenvalue weighted by Gasteiger charge is 1.92. The van der Waals surface area contributed by atoms with Crippen LogP contribution in [0.15, 0.2) is 12.7 Å². The Balaban J connectivity index is 0. The van der Waals surface area contributed by atoms with Crippen molar-refractivity contribution < 1.29 is 19.4 Å². The molecule has 0 spiro atoms. The van der Waals surface area contributed by atoms with Crippen molar-refractivity contribution in [2.24, 2.45) is 0 Å². The van der Waals surface area contributed by atoms with Gasteiger partial charge in [0.05, 0.1) is 7.11 Å². The van der Waals surface area contributed by atoms with Crippen LogP contribution in [0.1, 0.15) is 19.8 Å². The Morgan fingerprint density at radius 2 is 2.00 bits per heavy atom. The molecule has 0 aromatic carbocycles. The first-order chi connectivity index (χ1) is 5.58. The molecule has 0 aliphatic rings. The van der Waals surface area contributed by atoms with Crippen molar-refractivity contribution in [3.8, 4) is 0 Å². The molecule has 0 heterocycles. The van der Waals surface area contributed by atoms with Crippen molar-refractivity contribution in [3.63, 3.8) is 0 Å². The maximum atomic E-state index is 10.2. The number of carboxylic acid groups (broad SMARTS) is 1. The number of carboxylic acids is 1. The summed E-state index contributed by atoms with van der Waals surface area (Å²) in [6, 6.07) is 0. The van der Waals surface area contributed by atoms with Crippen LogP contribution < -0.4 is 0 Å². The zero-order valence-corrected chi connectivity index (χ0v) is 7.37. The van der Waals surface area contributed by atoms with Gasteiger partial charge in [0, 0.05) is 12.5 Å². The molecule has 0 atom stereocenters. The van der Waals surface area contributed by atoms with E-state index < -0.39 is 5.97 Å².